The number of unbranched alkanes of at least 4 members (excludes halogenated alkanes) is 2. The molecule has 1 aromatic carbocycles. The highest BCUT2D eigenvalue weighted by Crippen LogP contribution is 2.07. The molecule has 37 heavy (non-hydrogen) atoms. The molecule has 5 unspecified atom stereocenters. The average Bonchev–Trinajstić information content (AvgIpc) is 2.86. The van der Waals surface area contributed by atoms with Crippen LogP contribution in [-0.2, 0) is 25.6 Å². The van der Waals surface area contributed by atoms with Gasteiger partial charge in [-0.2, -0.15) is 0 Å². The number of aliphatic hydroxyl groups is 1. The van der Waals surface area contributed by atoms with Crippen molar-refractivity contribution in [2.45, 2.75) is 82.1 Å². The molecule has 208 valence electrons. The molecule has 0 aromatic heterocycles. The highest BCUT2D eigenvalue weighted by molar-refractivity contribution is 5.94. The van der Waals surface area contributed by atoms with E-state index in [2.05, 4.69) is 16.0 Å². The molecule has 0 heterocycles. The van der Waals surface area contributed by atoms with Crippen molar-refractivity contribution in [1.29, 1.82) is 0 Å². The molecule has 0 bridgehead atoms. The van der Waals surface area contributed by atoms with E-state index >= 15 is 0 Å². The Morgan fingerprint density at radius 2 is 1.38 bits per heavy atom. The van der Waals surface area contributed by atoms with Crippen molar-refractivity contribution in [2.75, 3.05) is 13.1 Å². The van der Waals surface area contributed by atoms with Gasteiger partial charge in [-0.1, -0.05) is 36.8 Å². The van der Waals surface area contributed by atoms with Crippen molar-refractivity contribution in [3.05, 3.63) is 35.9 Å². The van der Waals surface area contributed by atoms with Gasteiger partial charge in [0, 0.05) is 6.42 Å². The first-order chi connectivity index (χ1) is 17.6. The maximum Gasteiger partial charge on any atom is 0.326 e. The van der Waals surface area contributed by atoms with Gasteiger partial charge >= 0.3 is 5.97 Å². The topological polar surface area (TPSA) is 223 Å². The van der Waals surface area contributed by atoms with Crippen molar-refractivity contribution < 1.29 is 29.4 Å². The number of aliphatic carboxylic acids is 1. The molecule has 0 saturated carbocycles. The fourth-order valence-electron chi connectivity index (χ4n) is 3.65. The number of benzene rings is 1. The maximum atomic E-state index is 13.2. The van der Waals surface area contributed by atoms with Gasteiger partial charge in [0.15, 0.2) is 0 Å². The fraction of sp³-hybridized carbons (Fsp3) is 0.600. The van der Waals surface area contributed by atoms with Gasteiger partial charge in [-0.3, -0.25) is 14.4 Å². The third kappa shape index (κ3) is 12.2. The van der Waals surface area contributed by atoms with E-state index in [0.717, 1.165) is 5.56 Å². The van der Waals surface area contributed by atoms with Crippen LogP contribution in [0.2, 0.25) is 0 Å². The number of amides is 3. The Morgan fingerprint density at radius 3 is 1.92 bits per heavy atom. The summed E-state index contributed by atoms with van der Waals surface area (Å²) in [5, 5.41) is 27.1. The lowest BCUT2D eigenvalue weighted by Gasteiger charge is -2.26. The Hall–Kier alpha value is -3.06. The zero-order valence-corrected chi connectivity index (χ0v) is 21.4. The van der Waals surface area contributed by atoms with Crippen LogP contribution in [0.4, 0.5) is 0 Å². The SMILES string of the molecule is CC(O)C(NC(=O)C(Cc1ccccc1)NC(=O)C(N)CCCCN)C(=O)NC(CCCCN)C(=O)O. The first-order valence-corrected chi connectivity index (χ1v) is 12.6. The van der Waals surface area contributed by atoms with Gasteiger partial charge in [-0.15, -0.1) is 0 Å². The van der Waals surface area contributed by atoms with E-state index in [1.807, 2.05) is 6.07 Å². The molecule has 0 fully saturated rings. The molecular formula is C25H42N6O6. The van der Waals surface area contributed by atoms with Crippen molar-refractivity contribution in [3.63, 3.8) is 0 Å². The minimum absolute atomic E-state index is 0.110. The highest BCUT2D eigenvalue weighted by Gasteiger charge is 2.32. The summed E-state index contributed by atoms with van der Waals surface area (Å²) >= 11 is 0. The van der Waals surface area contributed by atoms with Crippen LogP contribution in [0.3, 0.4) is 0 Å². The molecule has 12 heteroatoms. The highest BCUT2D eigenvalue weighted by atomic mass is 16.4. The van der Waals surface area contributed by atoms with E-state index < -0.39 is 54.0 Å². The molecule has 5 atom stereocenters. The van der Waals surface area contributed by atoms with E-state index in [4.69, 9.17) is 17.2 Å². The molecule has 11 N–H and O–H groups in total. The second-order valence-corrected chi connectivity index (χ2v) is 9.05. The van der Waals surface area contributed by atoms with Gasteiger partial charge in [0.05, 0.1) is 12.1 Å². The normalized spacial score (nSPS) is 15.1. The Kier molecular flexibility index (Phi) is 15.0. The summed E-state index contributed by atoms with van der Waals surface area (Å²) in [6.45, 7) is 2.16. The van der Waals surface area contributed by atoms with Gasteiger partial charge in [-0.25, -0.2) is 4.79 Å². The van der Waals surface area contributed by atoms with E-state index in [0.29, 0.717) is 45.2 Å². The van der Waals surface area contributed by atoms with Gasteiger partial charge in [0.2, 0.25) is 17.7 Å². The number of hydrogen-bond donors (Lipinski definition) is 8. The number of aliphatic hydroxyl groups excluding tert-OH is 1. The van der Waals surface area contributed by atoms with E-state index in [-0.39, 0.29) is 12.8 Å². The van der Waals surface area contributed by atoms with E-state index in [1.165, 1.54) is 6.92 Å². The van der Waals surface area contributed by atoms with Gasteiger partial charge < -0.3 is 43.4 Å². The van der Waals surface area contributed by atoms with Crippen LogP contribution >= 0.6 is 0 Å². The molecule has 0 saturated heterocycles. The van der Waals surface area contributed by atoms with Crippen LogP contribution in [-0.4, -0.2) is 77.3 Å². The number of rotatable bonds is 18. The monoisotopic (exact) mass is 522 g/mol. The van der Waals surface area contributed by atoms with Crippen LogP contribution in [0, 0.1) is 0 Å². The largest absolute Gasteiger partial charge is 0.480 e. The average molecular weight is 523 g/mol. The minimum Gasteiger partial charge on any atom is -0.480 e. The molecule has 0 aliphatic heterocycles. The molecule has 0 radical (unpaired) electrons. The zero-order chi connectivity index (χ0) is 27.8. The Morgan fingerprint density at radius 1 is 0.811 bits per heavy atom. The minimum atomic E-state index is -1.45. The molecule has 12 nitrogen and oxygen atoms in total. The van der Waals surface area contributed by atoms with Gasteiger partial charge in [-0.05, 0) is 57.7 Å². The number of carboxylic acid groups (broad SMARTS) is 1. The number of carbonyl (C=O) groups excluding carboxylic acids is 3. The zero-order valence-electron chi connectivity index (χ0n) is 21.4. The summed E-state index contributed by atoms with van der Waals surface area (Å²) in [6.07, 6.45) is 1.75. The summed E-state index contributed by atoms with van der Waals surface area (Å²) in [5.74, 6) is -3.34. The van der Waals surface area contributed by atoms with Crippen molar-refractivity contribution in [3.8, 4) is 0 Å². The van der Waals surface area contributed by atoms with Gasteiger partial charge in [0.25, 0.3) is 0 Å². The van der Waals surface area contributed by atoms with Gasteiger partial charge in [0.1, 0.15) is 18.1 Å². The molecule has 1 aromatic rings. The standard InChI is InChI=1S/C25H42N6O6/c1-16(32)21(24(35)29-19(25(36)37)12-6-8-14-27)31-23(34)20(15-17-9-3-2-4-10-17)30-22(33)18(28)11-5-7-13-26/h2-4,9-10,16,18-21,32H,5-8,11-15,26-28H2,1H3,(H,29,35)(H,30,33)(H,31,34)(H,36,37). The molecule has 3 amide bonds. The third-order valence-corrected chi connectivity index (χ3v) is 5.85. The molecular weight excluding hydrogens is 480 g/mol. The quantitative estimate of drug-likeness (QED) is 0.107. The lowest BCUT2D eigenvalue weighted by Crippen LogP contribution is -2.60. The van der Waals surface area contributed by atoms with Crippen molar-refractivity contribution in [1.82, 2.24) is 16.0 Å². The third-order valence-electron chi connectivity index (χ3n) is 5.85. The van der Waals surface area contributed by atoms with Crippen molar-refractivity contribution in [2.24, 2.45) is 17.2 Å². The number of carbonyl (C=O) groups is 4. The predicted molar refractivity (Wildman–Crippen MR) is 139 cm³/mol. The lowest BCUT2D eigenvalue weighted by atomic mass is 10.0. The first kappa shape index (κ1) is 32.0. The van der Waals surface area contributed by atoms with E-state index in [1.54, 1.807) is 24.3 Å². The van der Waals surface area contributed by atoms with Crippen LogP contribution in [0.25, 0.3) is 0 Å². The second kappa shape index (κ2) is 17.4. The fourth-order valence-corrected chi connectivity index (χ4v) is 3.65. The number of hydrogen-bond acceptors (Lipinski definition) is 8. The summed E-state index contributed by atoms with van der Waals surface area (Å²) in [7, 11) is 0. The van der Waals surface area contributed by atoms with Crippen molar-refractivity contribution >= 4 is 23.7 Å². The summed E-state index contributed by atoms with van der Waals surface area (Å²) < 4.78 is 0. The van der Waals surface area contributed by atoms with Crippen LogP contribution in [0.15, 0.2) is 30.3 Å². The summed E-state index contributed by atoms with van der Waals surface area (Å²) in [4.78, 5) is 50.3. The van der Waals surface area contributed by atoms with E-state index in [9.17, 15) is 29.4 Å². The second-order valence-electron chi connectivity index (χ2n) is 9.05. The first-order valence-electron chi connectivity index (χ1n) is 12.6. The van der Waals surface area contributed by atoms with Crippen LogP contribution in [0.1, 0.15) is 51.0 Å². The Balaban J connectivity index is 2.99. The number of nitrogens with two attached hydrogens (primary N) is 3. The molecule has 0 spiro atoms. The van der Waals surface area contributed by atoms with Crippen LogP contribution < -0.4 is 33.2 Å². The summed E-state index contributed by atoms with van der Waals surface area (Å²) in [5.41, 5.74) is 17.7. The smallest absolute Gasteiger partial charge is 0.326 e. The number of carboxylic acids is 1. The predicted octanol–water partition coefficient (Wildman–Crippen LogP) is -1.27. The molecule has 0 aliphatic carbocycles. The molecule has 1 rings (SSSR count). The molecule has 0 aliphatic rings. The maximum absolute atomic E-state index is 13.2. The Labute approximate surface area is 217 Å². The Bertz CT molecular complexity index is 853. The number of nitrogens with one attached hydrogen (secondary N) is 3. The summed E-state index contributed by atoms with van der Waals surface area (Å²) in [6, 6.07) is 4.35. The van der Waals surface area contributed by atoms with Crippen LogP contribution in [0.5, 0.6) is 0 Å². The lowest BCUT2D eigenvalue weighted by molar-refractivity contribution is -0.143.